The van der Waals surface area contributed by atoms with Crippen LogP contribution in [0.4, 0.5) is 0 Å². The number of allylic oxidation sites excluding steroid dienone is 2. The van der Waals surface area contributed by atoms with Crippen LogP contribution in [-0.2, 0) is 30.3 Å². The van der Waals surface area contributed by atoms with E-state index in [1.54, 1.807) is 13.7 Å². The van der Waals surface area contributed by atoms with Crippen LogP contribution in [0.2, 0.25) is 54.2 Å². The first kappa shape index (κ1) is 47.8. The summed E-state index contributed by atoms with van der Waals surface area (Å²) >= 11 is -8.39. The molecule has 2 aliphatic rings. The minimum absolute atomic E-state index is 0. The number of nitrogens with zero attached hydrogens (tertiary/aromatic N) is 1. The monoisotopic (exact) mass is 1180 g/mol. The van der Waals surface area contributed by atoms with Gasteiger partial charge in [-0.15, -0.1) is 0 Å². The summed E-state index contributed by atoms with van der Waals surface area (Å²) in [4.78, 5) is 16.7. The van der Waals surface area contributed by atoms with Gasteiger partial charge in [0.05, 0.1) is 5.76 Å². The van der Waals surface area contributed by atoms with E-state index in [4.69, 9.17) is 4.98 Å². The van der Waals surface area contributed by atoms with Gasteiger partial charge in [-0.3, -0.25) is 4.79 Å². The van der Waals surface area contributed by atoms with Gasteiger partial charge in [0, 0.05) is 38.0 Å². The molecule has 0 saturated carbocycles. The van der Waals surface area contributed by atoms with Crippen molar-refractivity contribution in [3.05, 3.63) is 78.2 Å². The fourth-order valence-electron chi connectivity index (χ4n) is 10.5. The first-order valence-corrected chi connectivity index (χ1v) is 48.0. The van der Waals surface area contributed by atoms with Crippen molar-refractivity contribution in [3.63, 3.8) is 0 Å². The van der Waals surface area contributed by atoms with E-state index in [2.05, 4.69) is 128 Å². The Morgan fingerprint density at radius 3 is 1.79 bits per heavy atom. The van der Waals surface area contributed by atoms with E-state index in [1.807, 2.05) is 45.3 Å². The third-order valence-corrected chi connectivity index (χ3v) is 76.7. The fourth-order valence-corrected chi connectivity index (χ4v) is 106. The van der Waals surface area contributed by atoms with Crippen LogP contribution in [0, 0.1) is 17.9 Å². The Balaban J connectivity index is 0.000000372. The van der Waals surface area contributed by atoms with E-state index in [-0.39, 0.29) is 48.9 Å². The number of hydrogen-bond donors (Lipinski definition) is 1. The van der Waals surface area contributed by atoms with Crippen LogP contribution < -0.4 is 17.6 Å². The molecule has 8 heteroatoms. The molecule has 3 heterocycles. The molecule has 1 radical (unpaired) electrons. The fraction of sp³-hybridized carbons (Fsp3) is 0.500. The van der Waals surface area contributed by atoms with Crippen molar-refractivity contribution >= 4 is 87.2 Å². The molecule has 0 aliphatic carbocycles. The van der Waals surface area contributed by atoms with Crippen LogP contribution in [0.1, 0.15) is 79.7 Å². The van der Waals surface area contributed by atoms with E-state index in [1.165, 1.54) is 28.0 Å². The van der Waals surface area contributed by atoms with Gasteiger partial charge >= 0.3 is 256 Å². The van der Waals surface area contributed by atoms with Crippen molar-refractivity contribution in [2.75, 3.05) is 0 Å². The molecule has 0 atom stereocenters. The van der Waals surface area contributed by atoms with Crippen molar-refractivity contribution < 1.29 is 30.0 Å². The number of carbonyl (C=O) groups excluding carboxylic acids is 1. The van der Waals surface area contributed by atoms with Crippen LogP contribution in [-0.4, -0.2) is 68.9 Å². The summed E-state index contributed by atoms with van der Waals surface area (Å²) < 4.78 is 10.7. The Morgan fingerprint density at radius 2 is 1.29 bits per heavy atom. The van der Waals surface area contributed by atoms with Crippen LogP contribution >= 0.6 is 0 Å². The number of hydrogen-bond acceptors (Lipinski definition) is 3. The topological polar surface area (TPSA) is 50.2 Å². The van der Waals surface area contributed by atoms with Gasteiger partial charge in [-0.25, -0.2) is 0 Å². The minimum Gasteiger partial charge on any atom is -0.512 e. The third kappa shape index (κ3) is 9.67. The molecule has 0 fully saturated rings. The molecule has 0 spiro atoms. The number of ketones is 1. The maximum Gasteiger partial charge on any atom is 0.162 e. The van der Waals surface area contributed by atoms with Crippen molar-refractivity contribution in [3.8, 4) is 22.4 Å². The molecular weight excluding hydrogens is 1110 g/mol. The van der Waals surface area contributed by atoms with Gasteiger partial charge in [-0.05, 0) is 25.7 Å². The van der Waals surface area contributed by atoms with Crippen molar-refractivity contribution in [1.82, 2.24) is 4.98 Å². The molecule has 2 aliphatic heterocycles. The van der Waals surface area contributed by atoms with E-state index < -0.39 is 53.1 Å². The summed E-state index contributed by atoms with van der Waals surface area (Å²) in [7, 11) is 0. The quantitative estimate of drug-likeness (QED) is 0.0786. The molecular formula is C48H70Ge4IrNO2-. The Hall–Kier alpha value is -0.899. The minimum atomic E-state index is -2.16. The Morgan fingerprint density at radius 1 is 0.768 bits per heavy atom. The zero-order valence-electron chi connectivity index (χ0n) is 37.3. The molecule has 4 aromatic rings. The van der Waals surface area contributed by atoms with Gasteiger partial charge in [-0.2, -0.15) is 0 Å². The van der Waals surface area contributed by atoms with E-state index in [9.17, 15) is 9.90 Å². The maximum absolute atomic E-state index is 11.7. The Labute approximate surface area is 364 Å². The van der Waals surface area contributed by atoms with Crippen LogP contribution in [0.25, 0.3) is 33.2 Å². The van der Waals surface area contributed by atoms with Gasteiger partial charge in [0.2, 0.25) is 0 Å². The number of benzene rings is 3. The van der Waals surface area contributed by atoms with Gasteiger partial charge < -0.3 is 5.11 Å². The number of aliphatic hydroxyl groups is 1. The van der Waals surface area contributed by atoms with Crippen molar-refractivity contribution in [2.24, 2.45) is 11.8 Å². The SMILES string of the molecule is CC(C)(C)c1cc(-c2cc(-c3[c]4[c](c[c]5[c]3[Ge]([CH3])([CH3])[CH2][Ge]5([CH3])[CH3])[Ge]([CH3])([CH3])[CH2][Ge]4([CH3])[CH3])ccn2)[c-]c2ccccc12.CCC(CC)C(=O)/C=C(\O)C(CC)CC.[Ir]. The summed E-state index contributed by atoms with van der Waals surface area (Å²) in [5, 5.41) is 12.3. The standard InChI is InChI=1S/C35H46Ge4N.C13H24O2.Ir/c1-35(2,3)28-19-26(18-24-14-12-13-15-27(24)28)31-20-25(16-17-40-31)32-33-29(36(4,5)22-38(33,8)9)21-30-34(32)39(10,11)23-37(30,6)7;1-5-10(6-2)12(14)9-13(15)11(7-3)8-4;/h12-17,19-21H,22-23H2,1-11H3;9-11,14H,5-8H2,1-4H3;/q-1;;/b;12-9-;. The number of rotatable bonds is 9. The first-order valence-electron chi connectivity index (χ1n) is 21.1. The molecule has 3 nitrogen and oxygen atoms in total. The summed E-state index contributed by atoms with van der Waals surface area (Å²) in [5.74, 6) is 22.3. The summed E-state index contributed by atoms with van der Waals surface area (Å²) in [6.07, 6.45) is 7.00. The molecule has 1 N–H and O–H groups in total. The van der Waals surface area contributed by atoms with Gasteiger partial charge in [0.25, 0.3) is 0 Å². The number of aliphatic hydroxyl groups excluding tert-OH is 1. The average Bonchev–Trinajstić information content (AvgIpc) is 3.42. The average molecular weight is 1180 g/mol. The van der Waals surface area contributed by atoms with Crippen molar-refractivity contribution in [1.29, 1.82) is 0 Å². The van der Waals surface area contributed by atoms with Crippen LogP contribution in [0.3, 0.4) is 0 Å². The normalized spacial score (nSPS) is 17.6. The van der Waals surface area contributed by atoms with Crippen molar-refractivity contribution in [2.45, 2.75) is 134 Å². The van der Waals surface area contributed by atoms with Crippen LogP contribution in [0.15, 0.2) is 66.6 Å². The van der Waals surface area contributed by atoms with Gasteiger partial charge in [-0.1, -0.05) is 27.7 Å². The maximum atomic E-state index is 11.7. The second-order valence-electron chi connectivity index (χ2n) is 20.3. The molecule has 0 unspecified atom stereocenters. The molecule has 0 bridgehead atoms. The van der Waals surface area contributed by atoms with E-state index >= 15 is 0 Å². The Kier molecular flexibility index (Phi) is 15.3. The molecule has 0 saturated heterocycles. The predicted octanol–water partition coefficient (Wildman–Crippen LogP) is 11.3. The molecule has 0 amide bonds. The second-order valence-corrected chi connectivity index (χ2v) is 65.5. The van der Waals surface area contributed by atoms with Crippen LogP contribution in [0.5, 0.6) is 0 Å². The number of fused-ring (bicyclic) bond motifs is 3. The zero-order chi connectivity index (χ0) is 40.9. The summed E-state index contributed by atoms with van der Waals surface area (Å²) in [6.45, 7) is 15.0. The van der Waals surface area contributed by atoms with Gasteiger partial charge in [0.1, 0.15) is 0 Å². The first-order chi connectivity index (χ1) is 25.5. The molecule has 3 aromatic carbocycles. The number of carbonyl (C=O) groups is 1. The smallest absolute Gasteiger partial charge is 0.162 e. The number of aromatic nitrogens is 1. The molecule has 1 aromatic heterocycles. The summed E-state index contributed by atoms with van der Waals surface area (Å²) in [5.41, 5.74) is 6.82. The third-order valence-electron chi connectivity index (χ3n) is 12.9. The molecule has 305 valence electrons. The van der Waals surface area contributed by atoms with E-state index in [0.29, 0.717) is 0 Å². The summed E-state index contributed by atoms with van der Waals surface area (Å²) in [6, 6.07) is 22.6. The molecule has 6 rings (SSSR count). The predicted molar refractivity (Wildman–Crippen MR) is 252 cm³/mol. The Bertz CT molecular complexity index is 2050. The zero-order valence-corrected chi connectivity index (χ0v) is 48.1. The second kappa shape index (κ2) is 18.0. The van der Waals surface area contributed by atoms with E-state index in [0.717, 1.165) is 36.9 Å². The largest absolute Gasteiger partial charge is 0.512 e. The number of pyridine rings is 1. The molecule has 56 heavy (non-hydrogen) atoms. The van der Waals surface area contributed by atoms with Gasteiger partial charge in [0.15, 0.2) is 5.78 Å².